The van der Waals surface area contributed by atoms with Crippen molar-refractivity contribution in [2.24, 2.45) is 46.8 Å². The molecule has 5 saturated carbocycles. The molecule has 5 fully saturated rings. The lowest BCUT2D eigenvalue weighted by Crippen LogP contribution is -2.49. The fraction of sp³-hybridized carbons (Fsp3) is 1.00. The molecule has 0 heterocycles. The van der Waals surface area contributed by atoms with Crippen molar-refractivity contribution in [3.8, 4) is 0 Å². The molecular weight excluding hydrogens is 418 g/mol. The van der Waals surface area contributed by atoms with Gasteiger partial charge in [-0.05, 0) is 124 Å². The van der Waals surface area contributed by atoms with Crippen LogP contribution in [0.3, 0.4) is 0 Å². The Balaban J connectivity index is 1.16. The molecule has 5 aliphatic carbocycles. The molecule has 33 heavy (non-hydrogen) atoms. The third kappa shape index (κ3) is 4.66. The fourth-order valence-corrected chi connectivity index (χ4v) is 10.1. The Hall–Kier alpha value is -0.220. The molecule has 0 aliphatic heterocycles. The van der Waals surface area contributed by atoms with Gasteiger partial charge in [0.15, 0.2) is 0 Å². The summed E-state index contributed by atoms with van der Waals surface area (Å²) in [7, 11) is 0. The zero-order valence-electron chi connectivity index (χ0n) is 21.1. The quantitative estimate of drug-likeness (QED) is 0.444. The van der Waals surface area contributed by atoms with Crippen molar-refractivity contribution in [1.29, 1.82) is 0 Å². The van der Waals surface area contributed by atoms with Crippen LogP contribution < -0.4 is 0 Å². The number of alkyl halides is 2. The second-order valence-corrected chi connectivity index (χ2v) is 13.6. The van der Waals surface area contributed by atoms with Crippen LogP contribution in [0.25, 0.3) is 0 Å². The number of hydrogen-bond acceptors (Lipinski definition) is 2. The SMILES string of the molecule is C[C@H](CCCC1(O)CCC(F)(F)CC1)C1CCC2[C@@H]3CCC4CC(O)CC[C@@H]4C3CCC21C. The van der Waals surface area contributed by atoms with Crippen LogP contribution in [0.1, 0.15) is 117 Å². The zero-order valence-corrected chi connectivity index (χ0v) is 21.1. The Morgan fingerprint density at radius 2 is 1.58 bits per heavy atom. The predicted octanol–water partition coefficient (Wildman–Crippen LogP) is 7.36. The van der Waals surface area contributed by atoms with E-state index in [1.165, 1.54) is 44.9 Å². The van der Waals surface area contributed by atoms with Crippen LogP contribution in [0.5, 0.6) is 0 Å². The summed E-state index contributed by atoms with van der Waals surface area (Å²) in [5.74, 6) is 3.21. The van der Waals surface area contributed by atoms with E-state index in [1.54, 1.807) is 0 Å². The molecule has 4 heteroatoms. The van der Waals surface area contributed by atoms with Crippen LogP contribution in [0.2, 0.25) is 0 Å². The van der Waals surface area contributed by atoms with Crippen molar-refractivity contribution in [2.45, 2.75) is 134 Å². The van der Waals surface area contributed by atoms with Crippen molar-refractivity contribution in [3.63, 3.8) is 0 Å². The van der Waals surface area contributed by atoms with Gasteiger partial charge in [0.2, 0.25) is 5.92 Å². The van der Waals surface area contributed by atoms with E-state index in [0.29, 0.717) is 17.8 Å². The highest BCUT2D eigenvalue weighted by Crippen LogP contribution is 2.65. The Labute approximate surface area is 200 Å². The molecule has 0 aromatic heterocycles. The van der Waals surface area contributed by atoms with Gasteiger partial charge in [0.25, 0.3) is 0 Å². The number of rotatable bonds is 5. The number of hydrogen-bond donors (Lipinski definition) is 2. The van der Waals surface area contributed by atoms with E-state index >= 15 is 0 Å². The second-order valence-electron chi connectivity index (χ2n) is 13.6. The third-order valence-electron chi connectivity index (χ3n) is 11.9. The van der Waals surface area contributed by atoms with Crippen LogP contribution in [0.4, 0.5) is 8.78 Å². The van der Waals surface area contributed by atoms with E-state index < -0.39 is 11.5 Å². The van der Waals surface area contributed by atoms with Gasteiger partial charge in [-0.25, -0.2) is 8.78 Å². The number of aliphatic hydroxyl groups is 2. The highest BCUT2D eigenvalue weighted by Gasteiger charge is 2.57. The minimum atomic E-state index is -2.57. The Kier molecular flexibility index (Phi) is 6.69. The lowest BCUT2D eigenvalue weighted by atomic mass is 9.49. The fourth-order valence-electron chi connectivity index (χ4n) is 10.1. The second kappa shape index (κ2) is 9.02. The van der Waals surface area contributed by atoms with E-state index in [4.69, 9.17) is 0 Å². The van der Waals surface area contributed by atoms with Crippen molar-refractivity contribution in [1.82, 2.24) is 0 Å². The molecule has 5 aliphatic rings. The topological polar surface area (TPSA) is 40.5 Å². The minimum Gasteiger partial charge on any atom is -0.393 e. The van der Waals surface area contributed by atoms with Gasteiger partial charge < -0.3 is 10.2 Å². The van der Waals surface area contributed by atoms with Gasteiger partial charge in [0.1, 0.15) is 0 Å². The van der Waals surface area contributed by atoms with Crippen molar-refractivity contribution in [2.75, 3.05) is 0 Å². The lowest BCUT2D eigenvalue weighted by Gasteiger charge is -2.56. The van der Waals surface area contributed by atoms with Gasteiger partial charge in [-0.2, -0.15) is 0 Å². The number of fused-ring (bicyclic) bond motifs is 5. The van der Waals surface area contributed by atoms with Crippen LogP contribution in [-0.2, 0) is 0 Å². The summed E-state index contributed by atoms with van der Waals surface area (Å²) in [6, 6.07) is 0. The molecule has 6 unspecified atom stereocenters. The molecule has 0 aromatic rings. The smallest absolute Gasteiger partial charge is 0.248 e. The van der Waals surface area contributed by atoms with Gasteiger partial charge in [0.05, 0.1) is 11.7 Å². The van der Waals surface area contributed by atoms with Crippen LogP contribution in [0, 0.1) is 46.8 Å². The molecule has 190 valence electrons. The van der Waals surface area contributed by atoms with Crippen molar-refractivity contribution in [3.05, 3.63) is 0 Å². The predicted molar refractivity (Wildman–Crippen MR) is 128 cm³/mol. The maximum atomic E-state index is 13.5. The molecule has 0 spiro atoms. The number of aliphatic hydroxyl groups excluding tert-OH is 1. The highest BCUT2D eigenvalue weighted by molar-refractivity contribution is 5.06. The summed E-state index contributed by atoms with van der Waals surface area (Å²) < 4.78 is 27.0. The molecule has 9 atom stereocenters. The van der Waals surface area contributed by atoms with E-state index in [9.17, 15) is 19.0 Å². The van der Waals surface area contributed by atoms with E-state index in [0.717, 1.165) is 61.2 Å². The highest BCUT2D eigenvalue weighted by atomic mass is 19.3. The molecule has 0 amide bonds. The Morgan fingerprint density at radius 3 is 2.33 bits per heavy atom. The average molecular weight is 467 g/mol. The van der Waals surface area contributed by atoms with Crippen LogP contribution in [0.15, 0.2) is 0 Å². The first kappa shape index (κ1) is 24.5. The average Bonchev–Trinajstić information content (AvgIpc) is 3.13. The van der Waals surface area contributed by atoms with Crippen molar-refractivity contribution < 1.29 is 19.0 Å². The molecular formula is C29H48F2O2. The largest absolute Gasteiger partial charge is 0.393 e. The maximum Gasteiger partial charge on any atom is 0.248 e. The molecule has 0 radical (unpaired) electrons. The normalized spacial score (nSPS) is 47.3. The summed E-state index contributed by atoms with van der Waals surface area (Å²) in [5.41, 5.74) is -0.390. The standard InChI is InChI=1S/C29H48F2O2/c1-19(4-3-12-28(33)14-16-29(30,31)17-15-28)25-9-10-26-24-7-5-20-18-21(32)6-8-22(20)23(24)11-13-27(25,26)2/h19-26,32-33H,3-18H2,1-2H3/t19-,20?,21?,22+,23?,24-,25?,26?,27?/m1/s1. The first-order valence-electron chi connectivity index (χ1n) is 14.4. The monoisotopic (exact) mass is 466 g/mol. The molecule has 5 rings (SSSR count). The van der Waals surface area contributed by atoms with Gasteiger partial charge in [0, 0.05) is 12.8 Å². The third-order valence-corrected chi connectivity index (χ3v) is 11.9. The van der Waals surface area contributed by atoms with E-state index in [2.05, 4.69) is 13.8 Å². The summed E-state index contributed by atoms with van der Waals surface area (Å²) in [6.45, 7) is 5.04. The summed E-state index contributed by atoms with van der Waals surface area (Å²) in [5, 5.41) is 21.0. The Morgan fingerprint density at radius 1 is 0.848 bits per heavy atom. The first-order valence-corrected chi connectivity index (χ1v) is 14.4. The van der Waals surface area contributed by atoms with E-state index in [-0.39, 0.29) is 31.8 Å². The molecule has 2 N–H and O–H groups in total. The van der Waals surface area contributed by atoms with E-state index in [1.807, 2.05) is 0 Å². The summed E-state index contributed by atoms with van der Waals surface area (Å²) in [6.07, 6.45) is 14.6. The molecule has 2 nitrogen and oxygen atoms in total. The first-order chi connectivity index (χ1) is 15.6. The molecule has 0 bridgehead atoms. The molecule has 0 saturated heterocycles. The Bertz CT molecular complexity index is 685. The van der Waals surface area contributed by atoms with Crippen molar-refractivity contribution >= 4 is 0 Å². The maximum absolute atomic E-state index is 13.5. The zero-order chi connectivity index (χ0) is 23.4. The van der Waals surface area contributed by atoms with Crippen LogP contribution >= 0.6 is 0 Å². The molecule has 0 aromatic carbocycles. The number of halogens is 2. The van der Waals surface area contributed by atoms with Crippen LogP contribution in [-0.4, -0.2) is 27.8 Å². The summed E-state index contributed by atoms with van der Waals surface area (Å²) >= 11 is 0. The summed E-state index contributed by atoms with van der Waals surface area (Å²) in [4.78, 5) is 0. The van der Waals surface area contributed by atoms with Gasteiger partial charge >= 0.3 is 0 Å². The van der Waals surface area contributed by atoms with Gasteiger partial charge in [-0.3, -0.25) is 0 Å². The van der Waals surface area contributed by atoms with Gasteiger partial charge in [-0.1, -0.05) is 26.7 Å². The lowest BCUT2D eigenvalue weighted by molar-refractivity contribution is -0.107. The van der Waals surface area contributed by atoms with Gasteiger partial charge in [-0.15, -0.1) is 0 Å². The minimum absolute atomic E-state index is 0.0449.